The predicted octanol–water partition coefficient (Wildman–Crippen LogP) is 4.79. The molecule has 0 heterocycles. The molecule has 0 fully saturated rings. The zero-order chi connectivity index (χ0) is 17.2. The Kier molecular flexibility index (Phi) is 3.75. The van der Waals surface area contributed by atoms with E-state index in [0.717, 1.165) is 11.4 Å². The van der Waals surface area contributed by atoms with Gasteiger partial charge in [0.25, 0.3) is 0 Å². The van der Waals surface area contributed by atoms with Gasteiger partial charge in [-0.3, -0.25) is 9.59 Å². The summed E-state index contributed by atoms with van der Waals surface area (Å²) in [5.41, 5.74) is 2.91. The number of Topliss-reactive ketones (excluding diaryl/α,β-unsaturated/α-hetero) is 2. The van der Waals surface area contributed by atoms with Gasteiger partial charge >= 0.3 is 0 Å². The van der Waals surface area contributed by atoms with Crippen molar-refractivity contribution in [3.8, 4) is 0 Å². The third kappa shape index (κ3) is 2.66. The van der Waals surface area contributed by atoms with Crippen molar-refractivity contribution in [2.45, 2.75) is 0 Å². The SMILES string of the molecule is O=C1C(=CN(c2ccccc2)c2ccccc2)C(=O)c2ccccc21. The highest BCUT2D eigenvalue weighted by Gasteiger charge is 2.33. The van der Waals surface area contributed by atoms with E-state index in [9.17, 15) is 9.59 Å². The van der Waals surface area contributed by atoms with Crippen molar-refractivity contribution in [2.24, 2.45) is 0 Å². The largest absolute Gasteiger partial charge is 0.316 e. The molecule has 0 amide bonds. The van der Waals surface area contributed by atoms with Crippen LogP contribution < -0.4 is 4.90 Å². The van der Waals surface area contributed by atoms with Crippen LogP contribution in [0.2, 0.25) is 0 Å². The van der Waals surface area contributed by atoms with Crippen molar-refractivity contribution < 1.29 is 9.59 Å². The van der Waals surface area contributed by atoms with Crippen molar-refractivity contribution in [2.75, 3.05) is 4.90 Å². The highest BCUT2D eigenvalue weighted by molar-refractivity contribution is 6.39. The molecule has 0 unspecified atom stereocenters. The molecule has 4 rings (SSSR count). The third-order valence-corrected chi connectivity index (χ3v) is 4.23. The highest BCUT2D eigenvalue weighted by Crippen LogP contribution is 2.31. The molecular weight excluding hydrogens is 310 g/mol. The smallest absolute Gasteiger partial charge is 0.199 e. The van der Waals surface area contributed by atoms with Crippen molar-refractivity contribution in [1.82, 2.24) is 0 Å². The fourth-order valence-corrected chi connectivity index (χ4v) is 2.99. The topological polar surface area (TPSA) is 37.4 Å². The molecule has 120 valence electrons. The first kappa shape index (κ1) is 15.1. The van der Waals surface area contributed by atoms with Crippen molar-refractivity contribution in [1.29, 1.82) is 0 Å². The Balaban J connectivity index is 1.84. The zero-order valence-corrected chi connectivity index (χ0v) is 13.4. The molecule has 0 radical (unpaired) electrons. The van der Waals surface area contributed by atoms with Crippen LogP contribution in [-0.2, 0) is 0 Å². The Labute approximate surface area is 145 Å². The second-order valence-electron chi connectivity index (χ2n) is 5.79. The van der Waals surface area contributed by atoms with Crippen LogP contribution in [0.5, 0.6) is 0 Å². The van der Waals surface area contributed by atoms with Crippen molar-refractivity contribution >= 4 is 22.9 Å². The highest BCUT2D eigenvalue weighted by atomic mass is 16.2. The maximum atomic E-state index is 12.7. The molecule has 0 saturated heterocycles. The van der Waals surface area contributed by atoms with E-state index in [1.54, 1.807) is 30.5 Å². The lowest BCUT2D eigenvalue weighted by Gasteiger charge is -2.21. The number of nitrogens with zero attached hydrogens (tertiary/aromatic N) is 1. The van der Waals surface area contributed by atoms with Gasteiger partial charge in [-0.05, 0) is 24.3 Å². The number of hydrogen-bond donors (Lipinski definition) is 0. The van der Waals surface area contributed by atoms with E-state index >= 15 is 0 Å². The van der Waals surface area contributed by atoms with Gasteiger partial charge in [0.15, 0.2) is 11.6 Å². The summed E-state index contributed by atoms with van der Waals surface area (Å²) in [7, 11) is 0. The first-order valence-electron chi connectivity index (χ1n) is 8.05. The van der Waals surface area contributed by atoms with Crippen molar-refractivity contribution in [3.05, 3.63) is 108 Å². The van der Waals surface area contributed by atoms with Gasteiger partial charge in [0.2, 0.25) is 0 Å². The van der Waals surface area contributed by atoms with E-state index in [2.05, 4.69) is 0 Å². The first-order chi connectivity index (χ1) is 12.3. The first-order valence-corrected chi connectivity index (χ1v) is 8.05. The van der Waals surface area contributed by atoms with Gasteiger partial charge in [0, 0.05) is 28.7 Å². The molecule has 3 heteroatoms. The fraction of sp³-hybridized carbons (Fsp3) is 0. The lowest BCUT2D eigenvalue weighted by molar-refractivity contribution is 0.0988. The molecule has 1 aliphatic rings. The maximum absolute atomic E-state index is 12.7. The van der Waals surface area contributed by atoms with E-state index < -0.39 is 0 Å². The van der Waals surface area contributed by atoms with Crippen LogP contribution in [0.15, 0.2) is 96.7 Å². The molecule has 0 N–H and O–H groups in total. The molecule has 0 aliphatic heterocycles. The summed E-state index contributed by atoms with van der Waals surface area (Å²) in [5.74, 6) is -0.449. The molecule has 3 aromatic carbocycles. The number of carbonyl (C=O) groups excluding carboxylic acids is 2. The van der Waals surface area contributed by atoms with E-state index in [1.807, 2.05) is 65.6 Å². The number of para-hydroxylation sites is 2. The minimum Gasteiger partial charge on any atom is -0.316 e. The minimum atomic E-state index is -0.225. The summed E-state index contributed by atoms with van der Waals surface area (Å²) in [5, 5.41) is 0. The lowest BCUT2D eigenvalue weighted by Crippen LogP contribution is -2.13. The van der Waals surface area contributed by atoms with Crippen molar-refractivity contribution in [3.63, 3.8) is 0 Å². The van der Waals surface area contributed by atoms with Crippen LogP contribution in [0.1, 0.15) is 20.7 Å². The predicted molar refractivity (Wildman–Crippen MR) is 98.2 cm³/mol. The molecule has 3 nitrogen and oxygen atoms in total. The molecule has 0 atom stereocenters. The fourth-order valence-electron chi connectivity index (χ4n) is 2.99. The second-order valence-corrected chi connectivity index (χ2v) is 5.79. The normalized spacial score (nSPS) is 12.9. The van der Waals surface area contributed by atoms with E-state index in [4.69, 9.17) is 0 Å². The van der Waals surface area contributed by atoms with Gasteiger partial charge in [0.05, 0.1) is 5.57 Å². The average molecular weight is 325 g/mol. The monoisotopic (exact) mass is 325 g/mol. The number of carbonyl (C=O) groups is 2. The summed E-state index contributed by atoms with van der Waals surface area (Å²) < 4.78 is 0. The number of rotatable bonds is 3. The van der Waals surface area contributed by atoms with E-state index in [1.165, 1.54) is 0 Å². The van der Waals surface area contributed by atoms with Crippen LogP contribution in [-0.4, -0.2) is 11.6 Å². The van der Waals surface area contributed by atoms with Crippen LogP contribution in [0.4, 0.5) is 11.4 Å². The van der Waals surface area contributed by atoms with E-state index in [-0.39, 0.29) is 17.1 Å². The summed E-state index contributed by atoms with van der Waals surface area (Å²) in [4.78, 5) is 27.3. The number of hydrogen-bond acceptors (Lipinski definition) is 3. The molecule has 0 spiro atoms. The van der Waals surface area contributed by atoms with Gasteiger partial charge in [-0.1, -0.05) is 60.7 Å². The number of anilines is 2. The Hall–Kier alpha value is -3.46. The average Bonchev–Trinajstić information content (AvgIpc) is 2.92. The summed E-state index contributed by atoms with van der Waals surface area (Å²) in [6, 6.07) is 26.3. The van der Waals surface area contributed by atoms with Crippen LogP contribution in [0.25, 0.3) is 0 Å². The molecule has 25 heavy (non-hydrogen) atoms. The summed E-state index contributed by atoms with van der Waals surface area (Å²) in [6.45, 7) is 0. The summed E-state index contributed by atoms with van der Waals surface area (Å²) >= 11 is 0. The number of ketones is 2. The standard InChI is InChI=1S/C22H15NO2/c24-21-18-13-7-8-14-19(18)22(25)20(21)15-23(16-9-3-1-4-10-16)17-11-5-2-6-12-17/h1-15H. The van der Waals surface area contributed by atoms with Gasteiger partial charge < -0.3 is 4.90 Å². The van der Waals surface area contributed by atoms with Crippen LogP contribution in [0, 0.1) is 0 Å². The van der Waals surface area contributed by atoms with Gasteiger partial charge in [0.1, 0.15) is 0 Å². The summed E-state index contributed by atoms with van der Waals surface area (Å²) in [6.07, 6.45) is 1.65. The van der Waals surface area contributed by atoms with Crippen LogP contribution in [0.3, 0.4) is 0 Å². The second kappa shape index (κ2) is 6.21. The number of benzene rings is 3. The maximum Gasteiger partial charge on any atom is 0.199 e. The Morgan fingerprint density at radius 3 is 1.40 bits per heavy atom. The van der Waals surface area contributed by atoms with E-state index in [0.29, 0.717) is 11.1 Å². The molecule has 0 saturated carbocycles. The van der Waals surface area contributed by atoms with Crippen LogP contribution >= 0.6 is 0 Å². The lowest BCUT2D eigenvalue weighted by atomic mass is 10.1. The number of fused-ring (bicyclic) bond motifs is 1. The molecule has 0 bridgehead atoms. The van der Waals surface area contributed by atoms with Gasteiger partial charge in [-0.25, -0.2) is 0 Å². The Bertz CT molecular complexity index is 899. The molecular formula is C22H15NO2. The molecule has 3 aromatic rings. The van der Waals surface area contributed by atoms with Gasteiger partial charge in [-0.2, -0.15) is 0 Å². The Morgan fingerprint density at radius 2 is 0.960 bits per heavy atom. The number of allylic oxidation sites excluding steroid dienone is 1. The molecule has 0 aromatic heterocycles. The quantitative estimate of drug-likeness (QED) is 0.513. The zero-order valence-electron chi connectivity index (χ0n) is 13.4. The minimum absolute atomic E-state index is 0.189. The molecule has 1 aliphatic carbocycles. The van der Waals surface area contributed by atoms with Gasteiger partial charge in [-0.15, -0.1) is 0 Å². The Morgan fingerprint density at radius 1 is 0.560 bits per heavy atom. The third-order valence-electron chi connectivity index (χ3n) is 4.23.